The number of alkyl carbamates (subject to hydrolysis) is 1. The Kier molecular flexibility index (Phi) is 15.8. The van der Waals surface area contributed by atoms with Gasteiger partial charge in [0.1, 0.15) is 42.1 Å². The highest BCUT2D eigenvalue weighted by Crippen LogP contribution is 2.15. The van der Waals surface area contributed by atoms with Gasteiger partial charge in [0.15, 0.2) is 0 Å². The van der Waals surface area contributed by atoms with Gasteiger partial charge >= 0.3 is 6.09 Å². The summed E-state index contributed by atoms with van der Waals surface area (Å²) >= 11 is 0. The van der Waals surface area contributed by atoms with Gasteiger partial charge in [-0.1, -0.05) is 86.6 Å². The lowest BCUT2D eigenvalue weighted by Crippen LogP contribution is -2.60. The summed E-state index contributed by atoms with van der Waals surface area (Å²) < 4.78 is 11.2. The number of aliphatic hydroxyl groups excluding tert-OH is 1. The Morgan fingerprint density at radius 3 is 1.62 bits per heavy atom. The van der Waals surface area contributed by atoms with Gasteiger partial charge in [0.25, 0.3) is 0 Å². The van der Waals surface area contributed by atoms with Crippen LogP contribution in [0.5, 0.6) is 5.75 Å². The number of carbonyl (C=O) groups is 5. The third-order valence-corrected chi connectivity index (χ3v) is 7.96. The Hall–Kier alpha value is -5.43. The molecule has 5 atom stereocenters. The average molecular weight is 732 g/mol. The molecule has 5 amide bonds. The van der Waals surface area contributed by atoms with Crippen molar-refractivity contribution in [1.29, 1.82) is 0 Å². The van der Waals surface area contributed by atoms with Crippen molar-refractivity contribution in [3.8, 4) is 5.75 Å². The molecule has 0 saturated heterocycles. The maximum Gasteiger partial charge on any atom is 0.408 e. The number of rotatable bonds is 18. The van der Waals surface area contributed by atoms with Gasteiger partial charge in [-0.3, -0.25) is 19.2 Å². The lowest BCUT2D eigenvalue weighted by Gasteiger charge is -2.28. The van der Waals surface area contributed by atoms with E-state index in [4.69, 9.17) is 15.2 Å². The highest BCUT2D eigenvalue weighted by molar-refractivity contribution is 5.95. The number of hydrogen-bond donors (Lipinski definition) is 6. The normalized spacial score (nSPS) is 14.1. The van der Waals surface area contributed by atoms with E-state index in [1.54, 1.807) is 57.2 Å². The first-order chi connectivity index (χ1) is 25.0. The summed E-state index contributed by atoms with van der Waals surface area (Å²) in [6.07, 6.45) is -1.78. The molecule has 0 saturated carbocycles. The summed E-state index contributed by atoms with van der Waals surface area (Å²) in [7, 11) is 0. The van der Waals surface area contributed by atoms with Crippen molar-refractivity contribution in [1.82, 2.24) is 21.3 Å². The number of nitrogens with one attached hydrogen (secondary N) is 4. The van der Waals surface area contributed by atoms with Crippen molar-refractivity contribution in [3.05, 3.63) is 102 Å². The van der Waals surface area contributed by atoms with E-state index >= 15 is 0 Å². The van der Waals surface area contributed by atoms with Gasteiger partial charge < -0.3 is 41.6 Å². The van der Waals surface area contributed by atoms with E-state index in [0.717, 1.165) is 11.1 Å². The van der Waals surface area contributed by atoms with Gasteiger partial charge in [0.2, 0.25) is 23.6 Å². The zero-order valence-electron chi connectivity index (χ0n) is 31.3. The lowest BCUT2D eigenvalue weighted by atomic mass is 10.00. The van der Waals surface area contributed by atoms with E-state index in [1.807, 2.05) is 62.4 Å². The number of aliphatic hydroxyl groups is 1. The van der Waals surface area contributed by atoms with Gasteiger partial charge in [-0.2, -0.15) is 0 Å². The first-order valence-corrected chi connectivity index (χ1v) is 17.7. The Morgan fingerprint density at radius 1 is 0.660 bits per heavy atom. The molecule has 0 spiro atoms. The van der Waals surface area contributed by atoms with E-state index in [2.05, 4.69) is 21.3 Å². The molecule has 13 nitrogen and oxygen atoms in total. The summed E-state index contributed by atoms with van der Waals surface area (Å²) in [4.78, 5) is 66.3. The van der Waals surface area contributed by atoms with Gasteiger partial charge in [-0.15, -0.1) is 0 Å². The number of amides is 5. The molecule has 13 heteroatoms. The number of benzene rings is 3. The quantitative estimate of drug-likeness (QED) is 0.115. The van der Waals surface area contributed by atoms with Crippen LogP contribution in [0, 0.1) is 5.92 Å². The van der Waals surface area contributed by atoms with E-state index in [9.17, 15) is 29.1 Å². The highest BCUT2D eigenvalue weighted by atomic mass is 16.6. The standard InChI is InChI=1S/C40H53N5O8/c1-25(2)21-31(44-39(51)53-40(4,5)6)36(48)42-32(22-27-13-9-7-10-14-27)37(49)43-33(38(50)45-34(26(3)46)35(41)47)23-28-17-19-29(20-18-28)24-52-30-15-11-8-12-16-30/h7-20,25-26,31-34,46H,21-24H2,1-6H3,(H2,41,47)(H,42,48)(H,43,49)(H,44,51)(H,45,50)/t26-,31+,32-,33-,34+/m1/s1. The molecule has 0 bridgehead atoms. The molecular weight excluding hydrogens is 678 g/mol. The molecule has 0 aromatic heterocycles. The van der Waals surface area contributed by atoms with Crippen LogP contribution in [-0.2, 0) is 43.4 Å². The molecule has 0 unspecified atom stereocenters. The van der Waals surface area contributed by atoms with Crippen molar-refractivity contribution in [2.24, 2.45) is 11.7 Å². The molecule has 286 valence electrons. The minimum atomic E-state index is -1.42. The summed E-state index contributed by atoms with van der Waals surface area (Å²) in [5.41, 5.74) is 6.91. The topological polar surface area (TPSA) is 198 Å². The average Bonchev–Trinajstić information content (AvgIpc) is 3.08. The number of primary amides is 1. The monoisotopic (exact) mass is 731 g/mol. The second kappa shape index (κ2) is 20.0. The van der Waals surface area contributed by atoms with E-state index in [-0.39, 0.29) is 25.2 Å². The fourth-order valence-electron chi connectivity index (χ4n) is 5.34. The molecule has 0 aliphatic heterocycles. The fourth-order valence-corrected chi connectivity index (χ4v) is 5.34. The highest BCUT2D eigenvalue weighted by Gasteiger charge is 2.33. The molecule has 0 radical (unpaired) electrons. The lowest BCUT2D eigenvalue weighted by molar-refractivity contribution is -0.134. The van der Waals surface area contributed by atoms with Gasteiger partial charge in [0, 0.05) is 12.8 Å². The number of nitrogens with two attached hydrogens (primary N) is 1. The predicted molar refractivity (Wildman–Crippen MR) is 200 cm³/mol. The van der Waals surface area contributed by atoms with Crippen molar-refractivity contribution in [2.75, 3.05) is 0 Å². The Balaban J connectivity index is 1.88. The van der Waals surface area contributed by atoms with Crippen LogP contribution in [0.25, 0.3) is 0 Å². The van der Waals surface area contributed by atoms with Crippen molar-refractivity contribution in [3.63, 3.8) is 0 Å². The summed E-state index contributed by atoms with van der Waals surface area (Å²) in [6.45, 7) is 10.5. The summed E-state index contributed by atoms with van der Waals surface area (Å²) in [5, 5.41) is 20.7. The maximum atomic E-state index is 14.1. The summed E-state index contributed by atoms with van der Waals surface area (Å²) in [6, 6.07) is 20.7. The molecular formula is C40H53N5O8. The Bertz CT molecular complexity index is 1640. The zero-order valence-corrected chi connectivity index (χ0v) is 31.3. The molecule has 0 heterocycles. The molecule has 0 aliphatic rings. The molecule has 3 rings (SSSR count). The Labute approximate surface area is 311 Å². The van der Waals surface area contributed by atoms with Crippen LogP contribution in [0.3, 0.4) is 0 Å². The van der Waals surface area contributed by atoms with Gasteiger partial charge in [-0.05, 0) is 68.9 Å². The van der Waals surface area contributed by atoms with E-state index < -0.39 is 65.6 Å². The van der Waals surface area contributed by atoms with Gasteiger partial charge in [0.05, 0.1) is 6.10 Å². The zero-order chi connectivity index (χ0) is 39.1. The first-order valence-electron chi connectivity index (χ1n) is 17.7. The van der Waals surface area contributed by atoms with E-state index in [1.165, 1.54) is 6.92 Å². The summed E-state index contributed by atoms with van der Waals surface area (Å²) in [5.74, 6) is -2.32. The minimum absolute atomic E-state index is 0.00132. The van der Waals surface area contributed by atoms with Crippen LogP contribution < -0.4 is 31.7 Å². The minimum Gasteiger partial charge on any atom is -0.489 e. The molecule has 0 aliphatic carbocycles. The number of para-hydroxylation sites is 1. The SMILES string of the molecule is CC(C)C[C@H](NC(=O)OC(C)(C)C)C(=O)N[C@H](Cc1ccccc1)C(=O)N[C@H](Cc1ccc(COc2ccccc2)cc1)C(=O)N[C@H](C(N)=O)[C@@H](C)O. The van der Waals surface area contributed by atoms with Crippen LogP contribution in [0.15, 0.2) is 84.9 Å². The number of ether oxygens (including phenoxy) is 2. The molecule has 3 aromatic carbocycles. The molecule has 7 N–H and O–H groups in total. The van der Waals surface area contributed by atoms with E-state index in [0.29, 0.717) is 17.9 Å². The van der Waals surface area contributed by atoms with Crippen LogP contribution >= 0.6 is 0 Å². The number of hydrogen-bond acceptors (Lipinski definition) is 8. The third kappa shape index (κ3) is 15.0. The third-order valence-electron chi connectivity index (χ3n) is 7.96. The number of carbonyl (C=O) groups excluding carboxylic acids is 5. The smallest absolute Gasteiger partial charge is 0.408 e. The van der Waals surface area contributed by atoms with Crippen LogP contribution in [0.1, 0.15) is 64.7 Å². The van der Waals surface area contributed by atoms with Crippen LogP contribution in [0.4, 0.5) is 4.79 Å². The first kappa shape index (κ1) is 42.0. The molecule has 0 fully saturated rings. The second-order valence-electron chi connectivity index (χ2n) is 14.4. The maximum absolute atomic E-state index is 14.1. The van der Waals surface area contributed by atoms with Crippen molar-refractivity contribution < 1.29 is 38.6 Å². The van der Waals surface area contributed by atoms with Crippen molar-refractivity contribution >= 4 is 29.7 Å². The molecule has 3 aromatic rings. The predicted octanol–water partition coefficient (Wildman–Crippen LogP) is 3.31. The van der Waals surface area contributed by atoms with Crippen LogP contribution in [-0.4, -0.2) is 70.7 Å². The second-order valence-corrected chi connectivity index (χ2v) is 14.4. The van der Waals surface area contributed by atoms with Gasteiger partial charge in [-0.25, -0.2) is 4.79 Å². The van der Waals surface area contributed by atoms with Crippen LogP contribution in [0.2, 0.25) is 0 Å². The Morgan fingerprint density at radius 2 is 1.13 bits per heavy atom. The fraction of sp³-hybridized carbons (Fsp3) is 0.425. The van der Waals surface area contributed by atoms with Crippen molar-refractivity contribution in [2.45, 2.75) is 103 Å². The molecule has 53 heavy (non-hydrogen) atoms. The largest absolute Gasteiger partial charge is 0.489 e.